The summed E-state index contributed by atoms with van der Waals surface area (Å²) in [7, 11) is 0. The van der Waals surface area contributed by atoms with E-state index in [1.807, 2.05) is 0 Å². The zero-order chi connectivity index (χ0) is 22.6. The molecule has 31 heavy (non-hydrogen) atoms. The van der Waals surface area contributed by atoms with Crippen molar-refractivity contribution in [2.75, 3.05) is 26.3 Å². The Labute approximate surface area is 175 Å². The normalized spacial score (nSPS) is 24.2. The summed E-state index contributed by atoms with van der Waals surface area (Å²) in [4.78, 5) is 39.6. The third-order valence-corrected chi connectivity index (χ3v) is 5.66. The number of nitrogens with zero attached hydrogens (tertiary/aromatic N) is 5. The zero-order valence-electron chi connectivity index (χ0n) is 16.7. The van der Waals surface area contributed by atoms with Gasteiger partial charge in [-0.3, -0.25) is 19.4 Å². The third kappa shape index (κ3) is 5.58. The number of alkyl halides is 3. The molecule has 1 N–H and O–H groups in total. The summed E-state index contributed by atoms with van der Waals surface area (Å²) in [5.41, 5.74) is 0. The van der Waals surface area contributed by atoms with Crippen molar-refractivity contribution in [2.24, 2.45) is 0 Å². The number of ether oxygens (including phenoxy) is 1. The van der Waals surface area contributed by atoms with Crippen molar-refractivity contribution < 1.29 is 37.4 Å². The largest absolute Gasteiger partial charge is 0.490 e. The van der Waals surface area contributed by atoms with Gasteiger partial charge in [-0.15, -0.1) is 0 Å². The van der Waals surface area contributed by atoms with Crippen LogP contribution in [0.15, 0.2) is 12.4 Å². The molecule has 3 aliphatic heterocycles. The highest BCUT2D eigenvalue weighted by Gasteiger charge is 2.45. The van der Waals surface area contributed by atoms with Crippen molar-refractivity contribution in [3.63, 3.8) is 0 Å². The summed E-state index contributed by atoms with van der Waals surface area (Å²) in [6, 6.07) is 0.0245. The molecule has 0 spiro atoms. The molecular formula is C18H24F3N5O5. The fourth-order valence-corrected chi connectivity index (χ4v) is 4.09. The van der Waals surface area contributed by atoms with Crippen LogP contribution >= 0.6 is 0 Å². The van der Waals surface area contributed by atoms with Crippen molar-refractivity contribution in [3.8, 4) is 0 Å². The van der Waals surface area contributed by atoms with Crippen LogP contribution in [-0.2, 0) is 19.1 Å². The number of likely N-dealkylation sites (tertiary alicyclic amines) is 2. The van der Waals surface area contributed by atoms with E-state index in [-0.39, 0.29) is 29.9 Å². The SMILES string of the molecule is O=C(O)C(F)(F)F.O=C1CC(N2CCC(n3nccn3)CC2)C(=O)N1C1CCOCC1. The van der Waals surface area contributed by atoms with Gasteiger partial charge in [-0.25, -0.2) is 4.79 Å². The molecule has 1 unspecified atom stereocenters. The monoisotopic (exact) mass is 447 g/mol. The molecule has 10 nitrogen and oxygen atoms in total. The number of piperidine rings is 1. The fourth-order valence-electron chi connectivity index (χ4n) is 4.09. The lowest BCUT2D eigenvalue weighted by Crippen LogP contribution is -2.49. The van der Waals surface area contributed by atoms with E-state index in [0.29, 0.717) is 19.6 Å². The molecule has 4 rings (SSSR count). The van der Waals surface area contributed by atoms with Gasteiger partial charge in [0.15, 0.2) is 0 Å². The van der Waals surface area contributed by atoms with E-state index in [1.165, 1.54) is 4.90 Å². The van der Waals surface area contributed by atoms with Gasteiger partial charge in [0.1, 0.15) is 0 Å². The molecular weight excluding hydrogens is 423 g/mol. The van der Waals surface area contributed by atoms with Gasteiger partial charge in [0, 0.05) is 32.3 Å². The lowest BCUT2D eigenvalue weighted by Gasteiger charge is -2.35. The number of imide groups is 1. The van der Waals surface area contributed by atoms with E-state index in [4.69, 9.17) is 14.6 Å². The van der Waals surface area contributed by atoms with Crippen LogP contribution in [0.25, 0.3) is 0 Å². The van der Waals surface area contributed by atoms with E-state index in [1.54, 1.807) is 17.2 Å². The lowest BCUT2D eigenvalue weighted by atomic mass is 10.0. The molecule has 3 aliphatic rings. The number of halogens is 3. The van der Waals surface area contributed by atoms with Gasteiger partial charge in [0.25, 0.3) is 0 Å². The smallest absolute Gasteiger partial charge is 0.475 e. The molecule has 0 bridgehead atoms. The first-order chi connectivity index (χ1) is 14.7. The van der Waals surface area contributed by atoms with Gasteiger partial charge in [0.05, 0.1) is 30.9 Å². The number of carboxylic acids is 1. The van der Waals surface area contributed by atoms with Crippen molar-refractivity contribution in [1.29, 1.82) is 0 Å². The number of carbonyl (C=O) groups excluding carboxylic acids is 2. The lowest BCUT2D eigenvalue weighted by molar-refractivity contribution is -0.192. The second-order valence-electron chi connectivity index (χ2n) is 7.58. The standard InChI is InChI=1S/C16H23N5O3.C2HF3O2/c22-15-11-14(16(23)20(15)12-3-9-24-10-4-12)19-7-1-13(2-8-19)21-17-5-6-18-21;3-2(4,5)1(6)7/h5-6,12-14H,1-4,7-11H2;(H,6,7). The maximum absolute atomic E-state index is 12.8. The fraction of sp³-hybridized carbons (Fsp3) is 0.722. The summed E-state index contributed by atoms with van der Waals surface area (Å²) in [5.74, 6) is -2.79. The van der Waals surface area contributed by atoms with Crippen LogP contribution in [0.5, 0.6) is 0 Å². The van der Waals surface area contributed by atoms with Crippen LogP contribution in [0, 0.1) is 0 Å². The topological polar surface area (TPSA) is 118 Å². The highest BCUT2D eigenvalue weighted by Crippen LogP contribution is 2.29. The summed E-state index contributed by atoms with van der Waals surface area (Å²) < 4.78 is 37.1. The Morgan fingerprint density at radius 2 is 1.58 bits per heavy atom. The van der Waals surface area contributed by atoms with Gasteiger partial charge in [-0.2, -0.15) is 28.2 Å². The van der Waals surface area contributed by atoms with Crippen LogP contribution in [0.1, 0.15) is 38.1 Å². The quantitative estimate of drug-likeness (QED) is 0.678. The van der Waals surface area contributed by atoms with E-state index in [0.717, 1.165) is 38.8 Å². The Hall–Kier alpha value is -2.54. The summed E-state index contributed by atoms with van der Waals surface area (Å²) >= 11 is 0. The number of hydrogen-bond acceptors (Lipinski definition) is 7. The maximum Gasteiger partial charge on any atom is 0.490 e. The van der Waals surface area contributed by atoms with Gasteiger partial charge >= 0.3 is 12.1 Å². The van der Waals surface area contributed by atoms with Crippen molar-refractivity contribution in [3.05, 3.63) is 12.4 Å². The predicted molar refractivity (Wildman–Crippen MR) is 97.7 cm³/mol. The molecule has 0 saturated carbocycles. The van der Waals surface area contributed by atoms with Crippen molar-refractivity contribution in [2.45, 2.75) is 56.4 Å². The number of aliphatic carboxylic acids is 1. The molecule has 0 aromatic carbocycles. The van der Waals surface area contributed by atoms with Crippen molar-refractivity contribution >= 4 is 17.8 Å². The maximum atomic E-state index is 12.8. The van der Waals surface area contributed by atoms with Gasteiger partial charge in [-0.05, 0) is 25.7 Å². The molecule has 1 aromatic rings. The highest BCUT2D eigenvalue weighted by molar-refractivity contribution is 6.05. The molecule has 3 fully saturated rings. The van der Waals surface area contributed by atoms with Crippen LogP contribution in [-0.4, -0.2) is 92.2 Å². The number of hydrogen-bond donors (Lipinski definition) is 1. The second-order valence-corrected chi connectivity index (χ2v) is 7.58. The third-order valence-electron chi connectivity index (χ3n) is 5.66. The van der Waals surface area contributed by atoms with Gasteiger partial charge in [0.2, 0.25) is 11.8 Å². The molecule has 0 aliphatic carbocycles. The highest BCUT2D eigenvalue weighted by atomic mass is 19.4. The average Bonchev–Trinajstić information content (AvgIpc) is 3.37. The number of amides is 2. The van der Waals surface area contributed by atoms with Gasteiger partial charge < -0.3 is 9.84 Å². The molecule has 13 heteroatoms. The zero-order valence-corrected chi connectivity index (χ0v) is 16.7. The molecule has 0 radical (unpaired) electrons. The first-order valence-corrected chi connectivity index (χ1v) is 10.0. The second kappa shape index (κ2) is 9.73. The van der Waals surface area contributed by atoms with E-state index in [9.17, 15) is 22.8 Å². The Balaban J connectivity index is 0.000000339. The molecule has 172 valence electrons. The van der Waals surface area contributed by atoms with E-state index in [2.05, 4.69) is 15.1 Å². The van der Waals surface area contributed by atoms with Crippen molar-refractivity contribution in [1.82, 2.24) is 24.8 Å². The summed E-state index contributed by atoms with van der Waals surface area (Å²) in [6.07, 6.45) is 1.96. The molecule has 1 aromatic heterocycles. The molecule has 3 saturated heterocycles. The number of rotatable bonds is 3. The molecule has 4 heterocycles. The van der Waals surface area contributed by atoms with Crippen LogP contribution in [0.4, 0.5) is 13.2 Å². The first-order valence-electron chi connectivity index (χ1n) is 10.0. The minimum atomic E-state index is -5.08. The minimum absolute atomic E-state index is 0.0115. The van der Waals surface area contributed by atoms with E-state index < -0.39 is 12.1 Å². The molecule has 1 atom stereocenters. The number of carbonyl (C=O) groups is 3. The average molecular weight is 447 g/mol. The van der Waals surface area contributed by atoms with Crippen LogP contribution in [0.3, 0.4) is 0 Å². The summed E-state index contributed by atoms with van der Waals surface area (Å²) in [5, 5.41) is 15.5. The Kier molecular flexibility index (Phi) is 7.26. The predicted octanol–water partition coefficient (Wildman–Crippen LogP) is 0.855. The first kappa shape index (κ1) is 23.1. The number of carboxylic acid groups (broad SMARTS) is 1. The summed E-state index contributed by atoms with van der Waals surface area (Å²) in [6.45, 7) is 2.87. The Bertz CT molecular complexity index is 774. The Morgan fingerprint density at radius 1 is 1.03 bits per heavy atom. The van der Waals surface area contributed by atoms with E-state index >= 15 is 0 Å². The van der Waals surface area contributed by atoms with Gasteiger partial charge in [-0.1, -0.05) is 0 Å². The Morgan fingerprint density at radius 3 is 2.10 bits per heavy atom. The number of aromatic nitrogens is 3. The van der Waals surface area contributed by atoms with Crippen LogP contribution in [0.2, 0.25) is 0 Å². The molecule has 2 amide bonds. The minimum Gasteiger partial charge on any atom is -0.475 e. The van der Waals surface area contributed by atoms with Crippen LogP contribution < -0.4 is 0 Å².